The van der Waals surface area contributed by atoms with Gasteiger partial charge in [-0.15, -0.1) is 11.8 Å². The highest BCUT2D eigenvalue weighted by Gasteiger charge is 2.16. The van der Waals surface area contributed by atoms with Crippen LogP contribution in [0.3, 0.4) is 0 Å². The number of thioether (sulfide) groups is 1. The molecule has 1 aromatic carbocycles. The quantitative estimate of drug-likeness (QED) is 0.744. The molecule has 7 heteroatoms. The highest BCUT2D eigenvalue weighted by molar-refractivity contribution is 8.00. The van der Waals surface area contributed by atoms with E-state index in [1.54, 1.807) is 25.1 Å². The molecule has 0 bridgehead atoms. The Morgan fingerprint density at radius 3 is 2.48 bits per heavy atom. The van der Waals surface area contributed by atoms with Crippen LogP contribution in [0.4, 0.5) is 0 Å². The molecule has 0 saturated heterocycles. The number of halogens is 2. The molecule has 0 aromatic heterocycles. The van der Waals surface area contributed by atoms with E-state index in [-0.39, 0.29) is 17.6 Å². The Kier molecular flexibility index (Phi) is 7.93. The molecule has 116 valence electrons. The molecule has 4 nitrogen and oxygen atoms in total. The van der Waals surface area contributed by atoms with Crippen LogP contribution in [0.1, 0.15) is 20.3 Å². The van der Waals surface area contributed by atoms with E-state index in [1.165, 1.54) is 11.8 Å². The molecule has 0 spiro atoms. The summed E-state index contributed by atoms with van der Waals surface area (Å²) in [7, 11) is 0. The van der Waals surface area contributed by atoms with Gasteiger partial charge in [-0.1, -0.05) is 36.2 Å². The molecule has 0 aliphatic heterocycles. The SMILES string of the molecule is CCCNC(=O)[C@@H](C)NC(=O)CSc1c(Cl)cccc1Cl. The maximum Gasteiger partial charge on any atom is 0.242 e. The standard InChI is InChI=1S/C14H18Cl2N2O2S/c1-3-7-17-14(20)9(2)18-12(19)8-21-13-10(15)5-4-6-11(13)16/h4-6,9H,3,7-8H2,1-2H3,(H,17,20)(H,18,19)/t9-/m1/s1. The predicted octanol–water partition coefficient (Wildman–Crippen LogP) is 3.12. The number of rotatable bonds is 7. The second-order valence-corrected chi connectivity index (χ2v) is 6.22. The number of hydrogen-bond acceptors (Lipinski definition) is 3. The van der Waals surface area contributed by atoms with E-state index in [0.29, 0.717) is 21.5 Å². The van der Waals surface area contributed by atoms with E-state index in [0.717, 1.165) is 6.42 Å². The molecule has 21 heavy (non-hydrogen) atoms. The molecule has 1 rings (SSSR count). The summed E-state index contributed by atoms with van der Waals surface area (Å²) in [5, 5.41) is 6.38. The molecule has 0 unspecified atom stereocenters. The van der Waals surface area contributed by atoms with Gasteiger partial charge in [0.15, 0.2) is 0 Å². The van der Waals surface area contributed by atoms with Gasteiger partial charge in [0.05, 0.1) is 15.8 Å². The lowest BCUT2D eigenvalue weighted by molar-refractivity contribution is -0.127. The van der Waals surface area contributed by atoms with Crippen molar-refractivity contribution in [3.05, 3.63) is 28.2 Å². The van der Waals surface area contributed by atoms with Gasteiger partial charge in [-0.05, 0) is 25.5 Å². The third kappa shape index (κ3) is 6.16. The Morgan fingerprint density at radius 1 is 1.29 bits per heavy atom. The zero-order chi connectivity index (χ0) is 15.8. The number of benzene rings is 1. The number of nitrogens with one attached hydrogen (secondary N) is 2. The van der Waals surface area contributed by atoms with E-state index in [2.05, 4.69) is 10.6 Å². The summed E-state index contributed by atoms with van der Waals surface area (Å²) >= 11 is 13.3. The van der Waals surface area contributed by atoms with Gasteiger partial charge in [0.25, 0.3) is 0 Å². The normalized spacial score (nSPS) is 11.8. The van der Waals surface area contributed by atoms with Gasteiger partial charge in [-0.2, -0.15) is 0 Å². The van der Waals surface area contributed by atoms with Crippen LogP contribution in [0.2, 0.25) is 10.0 Å². The third-order valence-electron chi connectivity index (χ3n) is 2.59. The Hall–Kier alpha value is -0.910. The number of carbonyl (C=O) groups is 2. The molecular weight excluding hydrogens is 331 g/mol. The van der Waals surface area contributed by atoms with Crippen molar-refractivity contribution in [1.82, 2.24) is 10.6 Å². The van der Waals surface area contributed by atoms with E-state index in [4.69, 9.17) is 23.2 Å². The lowest BCUT2D eigenvalue weighted by atomic mass is 10.3. The minimum absolute atomic E-state index is 0.148. The van der Waals surface area contributed by atoms with Crippen molar-refractivity contribution in [3.8, 4) is 0 Å². The molecule has 0 heterocycles. The van der Waals surface area contributed by atoms with E-state index < -0.39 is 6.04 Å². The maximum absolute atomic E-state index is 11.8. The fourth-order valence-electron chi connectivity index (χ4n) is 1.51. The molecule has 0 aliphatic carbocycles. The maximum atomic E-state index is 11.8. The molecule has 1 atom stereocenters. The van der Waals surface area contributed by atoms with Gasteiger partial charge in [0.1, 0.15) is 6.04 Å². The van der Waals surface area contributed by atoms with E-state index in [9.17, 15) is 9.59 Å². The summed E-state index contributed by atoms with van der Waals surface area (Å²) in [5.74, 6) is -0.282. The summed E-state index contributed by atoms with van der Waals surface area (Å²) < 4.78 is 0. The number of hydrogen-bond donors (Lipinski definition) is 2. The number of amides is 2. The Labute approximate surface area is 139 Å². The Morgan fingerprint density at radius 2 is 1.90 bits per heavy atom. The van der Waals surface area contributed by atoms with E-state index >= 15 is 0 Å². The number of carbonyl (C=O) groups excluding carboxylic acids is 2. The van der Waals surface area contributed by atoms with Crippen LogP contribution >= 0.6 is 35.0 Å². The summed E-state index contributed by atoms with van der Waals surface area (Å²) in [6.07, 6.45) is 0.854. The first-order chi connectivity index (χ1) is 9.95. The smallest absolute Gasteiger partial charge is 0.242 e. The molecule has 2 amide bonds. The summed E-state index contributed by atoms with van der Waals surface area (Å²) in [4.78, 5) is 24.1. The van der Waals surface area contributed by atoms with Crippen LogP contribution in [-0.2, 0) is 9.59 Å². The summed E-state index contributed by atoms with van der Waals surface area (Å²) in [5.41, 5.74) is 0. The lowest BCUT2D eigenvalue weighted by Gasteiger charge is -2.14. The van der Waals surface area contributed by atoms with Crippen LogP contribution < -0.4 is 10.6 Å². The first kappa shape index (κ1) is 18.1. The largest absolute Gasteiger partial charge is 0.354 e. The van der Waals surface area contributed by atoms with E-state index in [1.807, 2.05) is 6.92 Å². The lowest BCUT2D eigenvalue weighted by Crippen LogP contribution is -2.45. The molecule has 0 fully saturated rings. The molecule has 0 radical (unpaired) electrons. The van der Waals surface area contributed by atoms with Crippen molar-refractivity contribution in [2.75, 3.05) is 12.3 Å². The van der Waals surface area contributed by atoms with Crippen LogP contribution in [0.5, 0.6) is 0 Å². The minimum Gasteiger partial charge on any atom is -0.354 e. The fourth-order valence-corrected chi connectivity index (χ4v) is 3.00. The van der Waals surface area contributed by atoms with Crippen molar-refractivity contribution in [3.63, 3.8) is 0 Å². The summed E-state index contributed by atoms with van der Waals surface area (Å²) in [6, 6.07) is 4.61. The first-order valence-electron chi connectivity index (χ1n) is 6.59. The van der Waals surface area contributed by atoms with Gasteiger partial charge in [0, 0.05) is 11.4 Å². The fraction of sp³-hybridized carbons (Fsp3) is 0.429. The first-order valence-corrected chi connectivity index (χ1v) is 8.33. The van der Waals surface area contributed by atoms with Crippen molar-refractivity contribution < 1.29 is 9.59 Å². The molecule has 0 aliphatic rings. The second-order valence-electron chi connectivity index (χ2n) is 4.42. The van der Waals surface area contributed by atoms with Gasteiger partial charge < -0.3 is 10.6 Å². The van der Waals surface area contributed by atoms with Gasteiger partial charge in [0.2, 0.25) is 11.8 Å². The molecule has 1 aromatic rings. The van der Waals surface area contributed by atoms with Crippen LogP contribution in [0.25, 0.3) is 0 Å². The average molecular weight is 349 g/mol. The van der Waals surface area contributed by atoms with Gasteiger partial charge in [-0.25, -0.2) is 0 Å². The Bertz CT molecular complexity index is 491. The monoisotopic (exact) mass is 348 g/mol. The van der Waals surface area contributed by atoms with Crippen LogP contribution in [-0.4, -0.2) is 30.2 Å². The third-order valence-corrected chi connectivity index (χ3v) is 4.58. The minimum atomic E-state index is -0.564. The van der Waals surface area contributed by atoms with Crippen molar-refractivity contribution in [1.29, 1.82) is 0 Å². The van der Waals surface area contributed by atoms with Crippen LogP contribution in [0, 0.1) is 0 Å². The highest BCUT2D eigenvalue weighted by Crippen LogP contribution is 2.33. The Balaban J connectivity index is 2.46. The molecular formula is C14H18Cl2N2O2S. The van der Waals surface area contributed by atoms with Gasteiger partial charge >= 0.3 is 0 Å². The van der Waals surface area contributed by atoms with Crippen molar-refractivity contribution in [2.45, 2.75) is 31.2 Å². The highest BCUT2D eigenvalue weighted by atomic mass is 35.5. The average Bonchev–Trinajstić information content (AvgIpc) is 2.44. The predicted molar refractivity (Wildman–Crippen MR) is 88.1 cm³/mol. The zero-order valence-electron chi connectivity index (χ0n) is 11.9. The van der Waals surface area contributed by atoms with Crippen LogP contribution in [0.15, 0.2) is 23.1 Å². The molecule has 2 N–H and O–H groups in total. The zero-order valence-corrected chi connectivity index (χ0v) is 14.2. The molecule has 0 saturated carbocycles. The summed E-state index contributed by atoms with van der Waals surface area (Å²) in [6.45, 7) is 4.21. The second kappa shape index (κ2) is 9.18. The topological polar surface area (TPSA) is 58.2 Å². The van der Waals surface area contributed by atoms with Gasteiger partial charge in [-0.3, -0.25) is 9.59 Å². The van der Waals surface area contributed by atoms with Crippen molar-refractivity contribution in [2.24, 2.45) is 0 Å². The van der Waals surface area contributed by atoms with Crippen molar-refractivity contribution >= 4 is 46.8 Å².